The molecule has 1 saturated heterocycles. The highest BCUT2D eigenvalue weighted by molar-refractivity contribution is 14.0. The molecule has 1 aliphatic rings. The summed E-state index contributed by atoms with van der Waals surface area (Å²) >= 11 is 0. The van der Waals surface area contributed by atoms with E-state index in [0.29, 0.717) is 12.6 Å². The Labute approximate surface area is 144 Å². The van der Waals surface area contributed by atoms with Crippen LogP contribution in [0.1, 0.15) is 26.2 Å². The lowest BCUT2D eigenvalue weighted by molar-refractivity contribution is 0.277. The monoisotopic (exact) mass is 403 g/mol. The molecule has 0 aromatic heterocycles. The van der Waals surface area contributed by atoms with Gasteiger partial charge >= 0.3 is 0 Å². The van der Waals surface area contributed by atoms with Crippen LogP contribution in [0.25, 0.3) is 0 Å². The molecule has 5 heteroatoms. The fraction of sp³-hybridized carbons (Fsp3) is 0.562. The van der Waals surface area contributed by atoms with Crippen molar-refractivity contribution in [2.75, 3.05) is 26.2 Å². The summed E-state index contributed by atoms with van der Waals surface area (Å²) in [5.41, 5.74) is 6.02. The van der Waals surface area contributed by atoms with Gasteiger partial charge < -0.3 is 15.4 Å². The molecule has 0 saturated carbocycles. The second-order valence-electron chi connectivity index (χ2n) is 5.42. The van der Waals surface area contributed by atoms with E-state index >= 15 is 0 Å². The van der Waals surface area contributed by atoms with Crippen molar-refractivity contribution >= 4 is 29.9 Å². The first-order valence-corrected chi connectivity index (χ1v) is 7.48. The molecule has 0 radical (unpaired) electrons. The van der Waals surface area contributed by atoms with Gasteiger partial charge in [0.15, 0.2) is 5.96 Å². The summed E-state index contributed by atoms with van der Waals surface area (Å²) in [7, 11) is 0. The molecule has 0 amide bonds. The number of likely N-dealkylation sites (tertiary alicyclic amines) is 1. The van der Waals surface area contributed by atoms with E-state index in [-0.39, 0.29) is 24.0 Å². The third kappa shape index (κ3) is 6.54. The van der Waals surface area contributed by atoms with Gasteiger partial charge in [-0.1, -0.05) is 25.1 Å². The molecule has 2 N–H and O–H groups in total. The first-order valence-electron chi connectivity index (χ1n) is 7.48. The molecule has 21 heavy (non-hydrogen) atoms. The van der Waals surface area contributed by atoms with Crippen LogP contribution in [0.3, 0.4) is 0 Å². The summed E-state index contributed by atoms with van der Waals surface area (Å²) in [6.07, 6.45) is 3.32. The minimum atomic E-state index is 0. The van der Waals surface area contributed by atoms with E-state index in [1.54, 1.807) is 0 Å². The van der Waals surface area contributed by atoms with Crippen LogP contribution in [0, 0.1) is 5.92 Å². The lowest BCUT2D eigenvalue weighted by Gasteiger charge is -2.31. The van der Waals surface area contributed by atoms with Crippen molar-refractivity contribution in [3.63, 3.8) is 0 Å². The van der Waals surface area contributed by atoms with Crippen LogP contribution in [0.4, 0.5) is 0 Å². The number of aliphatic imine (C=N–C) groups is 1. The number of nitrogens with two attached hydrogens (primary N) is 1. The SMILES string of the molecule is CC1CCN(C(N)=NCCCOc2ccccc2)CC1.I. The summed E-state index contributed by atoms with van der Waals surface area (Å²) in [5, 5.41) is 0. The van der Waals surface area contributed by atoms with E-state index in [1.807, 2.05) is 30.3 Å². The van der Waals surface area contributed by atoms with E-state index in [9.17, 15) is 0 Å². The number of guanidine groups is 1. The third-order valence-corrected chi connectivity index (χ3v) is 3.70. The van der Waals surface area contributed by atoms with Crippen LogP contribution in [-0.2, 0) is 0 Å². The molecular formula is C16H26IN3O. The zero-order valence-electron chi connectivity index (χ0n) is 12.7. The molecule has 1 heterocycles. The molecule has 0 atom stereocenters. The Morgan fingerprint density at radius 2 is 1.95 bits per heavy atom. The first kappa shape index (κ1) is 18.1. The number of ether oxygens (including phenoxy) is 1. The second-order valence-corrected chi connectivity index (χ2v) is 5.42. The van der Waals surface area contributed by atoms with Crippen molar-refractivity contribution in [3.8, 4) is 5.75 Å². The van der Waals surface area contributed by atoms with Crippen molar-refractivity contribution in [1.82, 2.24) is 4.90 Å². The molecule has 1 aromatic carbocycles. The summed E-state index contributed by atoms with van der Waals surface area (Å²) in [4.78, 5) is 6.64. The average molecular weight is 403 g/mol. The number of nitrogens with zero attached hydrogens (tertiary/aromatic N) is 2. The summed E-state index contributed by atoms with van der Waals surface area (Å²) in [6, 6.07) is 9.86. The number of hydrogen-bond donors (Lipinski definition) is 1. The summed E-state index contributed by atoms with van der Waals surface area (Å²) in [6.45, 7) is 5.78. The number of piperidine rings is 1. The lowest BCUT2D eigenvalue weighted by atomic mass is 10.00. The van der Waals surface area contributed by atoms with Crippen molar-refractivity contribution in [2.24, 2.45) is 16.6 Å². The highest BCUT2D eigenvalue weighted by atomic mass is 127. The van der Waals surface area contributed by atoms with Crippen LogP contribution < -0.4 is 10.5 Å². The molecule has 2 rings (SSSR count). The van der Waals surface area contributed by atoms with E-state index in [2.05, 4.69) is 16.8 Å². The van der Waals surface area contributed by atoms with Crippen molar-refractivity contribution in [3.05, 3.63) is 30.3 Å². The van der Waals surface area contributed by atoms with E-state index in [1.165, 1.54) is 12.8 Å². The van der Waals surface area contributed by atoms with Crippen LogP contribution in [0.5, 0.6) is 5.75 Å². The summed E-state index contributed by atoms with van der Waals surface area (Å²) in [5.74, 6) is 2.42. The van der Waals surface area contributed by atoms with Gasteiger partial charge in [-0.3, -0.25) is 4.99 Å². The van der Waals surface area contributed by atoms with Crippen molar-refractivity contribution in [1.29, 1.82) is 0 Å². The van der Waals surface area contributed by atoms with Gasteiger partial charge in [-0.05, 0) is 30.9 Å². The fourth-order valence-electron chi connectivity index (χ4n) is 2.30. The van der Waals surface area contributed by atoms with Gasteiger partial charge in [0.1, 0.15) is 5.75 Å². The van der Waals surface area contributed by atoms with Gasteiger partial charge in [0.25, 0.3) is 0 Å². The zero-order chi connectivity index (χ0) is 14.2. The first-order chi connectivity index (χ1) is 9.75. The maximum Gasteiger partial charge on any atom is 0.191 e. The molecule has 118 valence electrons. The van der Waals surface area contributed by atoms with Gasteiger partial charge in [-0.25, -0.2) is 0 Å². The topological polar surface area (TPSA) is 50.8 Å². The Bertz CT molecular complexity index is 417. The number of halogens is 1. The van der Waals surface area contributed by atoms with Gasteiger partial charge in [-0.15, -0.1) is 24.0 Å². The average Bonchev–Trinajstić information content (AvgIpc) is 2.48. The Morgan fingerprint density at radius 3 is 2.62 bits per heavy atom. The van der Waals surface area contributed by atoms with Gasteiger partial charge in [0, 0.05) is 26.1 Å². The number of para-hydroxylation sites is 1. The Hall–Kier alpha value is -0.980. The van der Waals surface area contributed by atoms with E-state index < -0.39 is 0 Å². The lowest BCUT2D eigenvalue weighted by Crippen LogP contribution is -2.42. The van der Waals surface area contributed by atoms with Crippen LogP contribution in [0.2, 0.25) is 0 Å². The summed E-state index contributed by atoms with van der Waals surface area (Å²) < 4.78 is 5.62. The normalized spacial score (nSPS) is 16.4. The predicted octanol–water partition coefficient (Wildman–Crippen LogP) is 3.12. The minimum absolute atomic E-state index is 0. The fourth-order valence-corrected chi connectivity index (χ4v) is 2.30. The van der Waals surface area contributed by atoms with Gasteiger partial charge in [0.2, 0.25) is 0 Å². The van der Waals surface area contributed by atoms with E-state index in [4.69, 9.17) is 10.5 Å². The van der Waals surface area contributed by atoms with Crippen molar-refractivity contribution < 1.29 is 4.74 Å². The smallest absolute Gasteiger partial charge is 0.191 e. The molecule has 0 aliphatic carbocycles. The molecule has 0 spiro atoms. The predicted molar refractivity (Wildman–Crippen MR) is 98.4 cm³/mol. The molecule has 1 aromatic rings. The van der Waals surface area contributed by atoms with Crippen molar-refractivity contribution in [2.45, 2.75) is 26.2 Å². The molecule has 0 bridgehead atoms. The van der Waals surface area contributed by atoms with Gasteiger partial charge in [-0.2, -0.15) is 0 Å². The molecule has 0 unspecified atom stereocenters. The highest BCUT2D eigenvalue weighted by Gasteiger charge is 2.16. The Morgan fingerprint density at radius 1 is 1.29 bits per heavy atom. The third-order valence-electron chi connectivity index (χ3n) is 3.70. The Kier molecular flexibility index (Phi) is 8.49. The number of hydrogen-bond acceptors (Lipinski definition) is 2. The largest absolute Gasteiger partial charge is 0.494 e. The van der Waals surface area contributed by atoms with Crippen LogP contribution in [-0.4, -0.2) is 37.1 Å². The maximum absolute atomic E-state index is 6.02. The van der Waals surface area contributed by atoms with Gasteiger partial charge in [0.05, 0.1) is 6.61 Å². The molecule has 1 fully saturated rings. The van der Waals surface area contributed by atoms with Crippen LogP contribution >= 0.6 is 24.0 Å². The molecule has 1 aliphatic heterocycles. The second kappa shape index (κ2) is 9.87. The Balaban J connectivity index is 0.00000220. The standard InChI is InChI=1S/C16H25N3O.HI/c1-14-8-11-19(12-9-14)16(17)18-10-5-13-20-15-6-3-2-4-7-15;/h2-4,6-7,14H,5,8-13H2,1H3,(H2,17,18);1H. The number of rotatable bonds is 5. The number of benzene rings is 1. The quantitative estimate of drug-likeness (QED) is 0.356. The molecule has 4 nitrogen and oxygen atoms in total. The zero-order valence-corrected chi connectivity index (χ0v) is 15.0. The van der Waals surface area contributed by atoms with Crippen LogP contribution in [0.15, 0.2) is 35.3 Å². The van der Waals surface area contributed by atoms with E-state index in [0.717, 1.165) is 37.7 Å². The maximum atomic E-state index is 6.02. The minimum Gasteiger partial charge on any atom is -0.494 e. The highest BCUT2D eigenvalue weighted by Crippen LogP contribution is 2.15. The molecular weight excluding hydrogens is 377 g/mol.